The molecule has 6 heterocycles. The number of hydrogen-bond acceptors (Lipinski definition) is 11. The smallest absolute Gasteiger partial charge is 0.298 e. The molecule has 4 aromatic carbocycles. The van der Waals surface area contributed by atoms with Crippen LogP contribution in [0.15, 0.2) is 119 Å². The fourth-order valence-electron chi connectivity index (χ4n) is 9.84. The standard InChI is InChI=1S/C27H28F2N4O2.C18H18FN3O3.C9H10FN/c28-19-5-3-18(4-6-19)23-12-24(23)30-11-1-2-21-13-33(22-9-7-20(29)8-10-22)26(34)25(31-21)32-14-27(15-32)16-35-17-27;19-13-3-5-15(6-4-13)22-8-14(2-1-7-23)20-16(17(22)24)21-9-18(10-21)11-25-12-18;10-7-3-1-6(2-4-7)8-5-9(8)11/h3-10,13,23-24,30H,1-2,11-12,14-17H2;3-8H,1-2,9-12H2;1-4,8-9H,5,11H2/t23-,24+;;8-,9+/m0.0/s1. The number of benzene rings is 4. The Morgan fingerprint density at radius 2 is 1.01 bits per heavy atom. The van der Waals surface area contributed by atoms with E-state index >= 15 is 0 Å². The number of ether oxygens (including phenoxy) is 2. The molecule has 2 spiro atoms. The zero-order valence-electron chi connectivity index (χ0n) is 39.2. The molecule has 12 rings (SSSR count). The first kappa shape index (κ1) is 48.1. The second-order valence-corrected chi connectivity index (χ2v) is 19.9. The van der Waals surface area contributed by atoms with Crippen molar-refractivity contribution < 1.29 is 31.8 Å². The molecule has 4 atom stereocenters. The van der Waals surface area contributed by atoms with Crippen LogP contribution in [-0.2, 0) is 27.1 Å². The molecule has 6 aromatic rings. The summed E-state index contributed by atoms with van der Waals surface area (Å²) in [4.78, 5) is 50.1. The highest BCUT2D eigenvalue weighted by molar-refractivity contribution is 5.51. The van der Waals surface area contributed by atoms with Crippen LogP contribution in [0.4, 0.5) is 29.2 Å². The van der Waals surface area contributed by atoms with Gasteiger partial charge in [0.2, 0.25) is 0 Å². The topological polar surface area (TPSA) is 150 Å². The van der Waals surface area contributed by atoms with E-state index in [0.29, 0.717) is 65.5 Å². The molecule has 17 heteroatoms. The van der Waals surface area contributed by atoms with E-state index in [2.05, 4.69) is 10.3 Å². The van der Waals surface area contributed by atoms with E-state index in [1.54, 1.807) is 41.2 Å². The Morgan fingerprint density at radius 1 is 0.606 bits per heavy atom. The lowest BCUT2D eigenvalue weighted by Gasteiger charge is -2.55. The minimum absolute atomic E-state index is 0.160. The normalized spacial score (nSPS) is 21.6. The maximum absolute atomic E-state index is 13.5. The third-order valence-corrected chi connectivity index (χ3v) is 14.2. The molecule has 4 saturated heterocycles. The highest BCUT2D eigenvalue weighted by Crippen LogP contribution is 2.42. The maximum atomic E-state index is 13.5. The van der Waals surface area contributed by atoms with Gasteiger partial charge in [-0.15, -0.1) is 0 Å². The summed E-state index contributed by atoms with van der Waals surface area (Å²) in [5.41, 5.74) is 10.6. The van der Waals surface area contributed by atoms with Crippen LogP contribution < -0.4 is 32.0 Å². The van der Waals surface area contributed by atoms with Gasteiger partial charge in [-0.25, -0.2) is 27.5 Å². The molecule has 0 bridgehead atoms. The number of carbonyl (C=O) groups excluding carboxylic acids is 1. The van der Waals surface area contributed by atoms with E-state index in [1.807, 2.05) is 34.1 Å². The van der Waals surface area contributed by atoms with Crippen LogP contribution in [0, 0.1) is 34.1 Å². The number of nitrogens with two attached hydrogens (primary N) is 1. The molecule has 2 aromatic heterocycles. The van der Waals surface area contributed by atoms with Gasteiger partial charge < -0.3 is 35.1 Å². The van der Waals surface area contributed by atoms with Crippen molar-refractivity contribution in [3.8, 4) is 11.4 Å². The SMILES string of the molecule is N[C@@H]1C[C@H]1c1ccc(F)cc1.O=CCCc1cn(-c2ccc(F)cc2)c(=O)c(N2CC3(COC3)C2)n1.O=c1c(N2CC3(COC3)C2)nc(CCCN[C@@H]2C[C@H]2c2ccc(F)cc2)cn1-c1ccc(F)cc1. The van der Waals surface area contributed by atoms with E-state index in [4.69, 9.17) is 20.2 Å². The molecular formula is C54H56F4N8O5. The highest BCUT2D eigenvalue weighted by atomic mass is 19.1. The van der Waals surface area contributed by atoms with Crippen molar-refractivity contribution in [2.45, 2.75) is 62.4 Å². The van der Waals surface area contributed by atoms with Gasteiger partial charge in [0.05, 0.1) is 48.6 Å². The third-order valence-electron chi connectivity index (χ3n) is 14.2. The van der Waals surface area contributed by atoms with Crippen LogP contribution in [0.5, 0.6) is 0 Å². The monoisotopic (exact) mass is 972 g/mol. The van der Waals surface area contributed by atoms with E-state index < -0.39 is 0 Å². The molecule has 3 N–H and O–H groups in total. The molecule has 2 saturated carbocycles. The Bertz CT molecular complexity index is 2950. The summed E-state index contributed by atoms with van der Waals surface area (Å²) in [6.07, 6.45) is 8.74. The number of aromatic nitrogens is 4. The Labute approximate surface area is 408 Å². The van der Waals surface area contributed by atoms with Crippen molar-refractivity contribution >= 4 is 17.9 Å². The van der Waals surface area contributed by atoms with Crippen LogP contribution >= 0.6 is 0 Å². The van der Waals surface area contributed by atoms with Gasteiger partial charge in [-0.05, 0) is 123 Å². The van der Waals surface area contributed by atoms with Gasteiger partial charge in [0.25, 0.3) is 11.1 Å². The summed E-state index contributed by atoms with van der Waals surface area (Å²) < 4.78 is 65.9. The fourth-order valence-corrected chi connectivity index (χ4v) is 9.84. The first-order valence-corrected chi connectivity index (χ1v) is 24.2. The molecular weight excluding hydrogens is 917 g/mol. The molecule has 71 heavy (non-hydrogen) atoms. The molecule has 13 nitrogen and oxygen atoms in total. The lowest BCUT2D eigenvalue weighted by atomic mass is 9.78. The number of aldehydes is 1. The summed E-state index contributed by atoms with van der Waals surface area (Å²) in [5.74, 6) is 0.676. The quantitative estimate of drug-likeness (QED) is 0.0710. The van der Waals surface area contributed by atoms with Gasteiger partial charge in [0.1, 0.15) is 29.6 Å². The molecule has 0 radical (unpaired) electrons. The molecule has 370 valence electrons. The lowest BCUT2D eigenvalue weighted by Crippen LogP contribution is -2.67. The molecule has 4 aliphatic heterocycles. The first-order chi connectivity index (χ1) is 34.4. The van der Waals surface area contributed by atoms with Crippen LogP contribution in [0.3, 0.4) is 0 Å². The van der Waals surface area contributed by atoms with Crippen molar-refractivity contribution in [3.63, 3.8) is 0 Å². The summed E-state index contributed by atoms with van der Waals surface area (Å²) in [6, 6.07) is 25.8. The summed E-state index contributed by atoms with van der Waals surface area (Å²) in [7, 11) is 0. The Balaban J connectivity index is 0.000000140. The number of nitrogens with one attached hydrogen (secondary N) is 1. The Hall–Kier alpha value is -6.53. The Morgan fingerprint density at radius 3 is 1.41 bits per heavy atom. The predicted octanol–water partition coefficient (Wildman–Crippen LogP) is 6.41. The van der Waals surface area contributed by atoms with Crippen molar-refractivity contribution in [1.82, 2.24) is 24.4 Å². The number of halogens is 4. The summed E-state index contributed by atoms with van der Waals surface area (Å²) in [6.45, 7) is 6.79. The minimum atomic E-state index is -0.359. The molecule has 0 unspecified atom stereocenters. The van der Waals surface area contributed by atoms with Crippen LogP contribution in [0.1, 0.15) is 60.0 Å². The lowest BCUT2D eigenvalue weighted by molar-refractivity contribution is -0.127. The van der Waals surface area contributed by atoms with Crippen molar-refractivity contribution in [1.29, 1.82) is 0 Å². The van der Waals surface area contributed by atoms with Gasteiger partial charge in [-0.1, -0.05) is 24.3 Å². The highest BCUT2D eigenvalue weighted by Gasteiger charge is 2.51. The van der Waals surface area contributed by atoms with Gasteiger partial charge in [-0.3, -0.25) is 18.7 Å². The fraction of sp³-hybridized carbons (Fsp3) is 0.389. The van der Waals surface area contributed by atoms with Gasteiger partial charge >= 0.3 is 0 Å². The number of anilines is 2. The van der Waals surface area contributed by atoms with Gasteiger partial charge in [0.15, 0.2) is 11.6 Å². The first-order valence-electron chi connectivity index (χ1n) is 24.2. The van der Waals surface area contributed by atoms with Crippen molar-refractivity contribution in [2.75, 3.05) is 69.0 Å². The summed E-state index contributed by atoms with van der Waals surface area (Å²) in [5, 5.41) is 3.58. The van der Waals surface area contributed by atoms with Gasteiger partial charge in [-0.2, -0.15) is 0 Å². The van der Waals surface area contributed by atoms with Crippen LogP contribution in [-0.4, -0.2) is 96.6 Å². The molecule has 6 fully saturated rings. The van der Waals surface area contributed by atoms with E-state index in [1.165, 1.54) is 64.2 Å². The molecule has 6 aliphatic rings. The van der Waals surface area contributed by atoms with E-state index in [-0.39, 0.29) is 45.2 Å². The predicted molar refractivity (Wildman–Crippen MR) is 261 cm³/mol. The maximum Gasteiger partial charge on any atom is 0.298 e. The van der Waals surface area contributed by atoms with Crippen LogP contribution in [0.2, 0.25) is 0 Å². The zero-order chi connectivity index (χ0) is 49.3. The zero-order valence-corrected chi connectivity index (χ0v) is 39.2. The van der Waals surface area contributed by atoms with Crippen molar-refractivity contribution in [3.05, 3.63) is 176 Å². The van der Waals surface area contributed by atoms with Gasteiger partial charge in [0, 0.05) is 80.3 Å². The molecule has 0 amide bonds. The Kier molecular flexibility index (Phi) is 13.8. The second kappa shape index (κ2) is 20.3. The number of rotatable bonds is 14. The van der Waals surface area contributed by atoms with Crippen LogP contribution in [0.25, 0.3) is 11.4 Å². The number of carbonyl (C=O) groups is 1. The average Bonchev–Trinajstić information content (AvgIpc) is 4.25. The molecule has 2 aliphatic carbocycles. The third kappa shape index (κ3) is 10.9. The number of hydrogen-bond donors (Lipinski definition) is 2. The van der Waals surface area contributed by atoms with E-state index in [0.717, 1.165) is 96.8 Å². The summed E-state index contributed by atoms with van der Waals surface area (Å²) >= 11 is 0. The number of nitrogens with zero attached hydrogens (tertiary/aromatic N) is 6. The average molecular weight is 973 g/mol. The van der Waals surface area contributed by atoms with Crippen molar-refractivity contribution in [2.24, 2.45) is 16.6 Å². The number of aryl methyl sites for hydroxylation is 2. The largest absolute Gasteiger partial charge is 0.380 e. The second-order valence-electron chi connectivity index (χ2n) is 19.9. The minimum Gasteiger partial charge on any atom is -0.380 e. The van der Waals surface area contributed by atoms with E-state index in [9.17, 15) is 31.9 Å².